The van der Waals surface area contributed by atoms with Crippen molar-refractivity contribution < 1.29 is 4.74 Å². The third-order valence-electron chi connectivity index (χ3n) is 3.12. The van der Waals surface area contributed by atoms with Crippen molar-refractivity contribution >= 4 is 0 Å². The normalized spacial score (nSPS) is 45.3. The largest absolute Gasteiger partial charge is 0.378 e. The summed E-state index contributed by atoms with van der Waals surface area (Å²) in [5.41, 5.74) is 0. The predicted molar refractivity (Wildman–Crippen MR) is 40.8 cm³/mol. The van der Waals surface area contributed by atoms with Crippen molar-refractivity contribution in [3.05, 3.63) is 0 Å². The zero-order valence-corrected chi connectivity index (χ0v) is 6.84. The molecule has 0 bridgehead atoms. The third kappa shape index (κ3) is 0.800. The van der Waals surface area contributed by atoms with E-state index in [1.165, 1.54) is 12.8 Å². The van der Waals surface area contributed by atoms with Crippen LogP contribution in [-0.4, -0.2) is 12.7 Å². The summed E-state index contributed by atoms with van der Waals surface area (Å²) in [6, 6.07) is 0. The van der Waals surface area contributed by atoms with E-state index in [4.69, 9.17) is 4.74 Å². The summed E-state index contributed by atoms with van der Waals surface area (Å²) in [7, 11) is 0. The van der Waals surface area contributed by atoms with E-state index in [0.717, 1.165) is 24.4 Å². The maximum atomic E-state index is 5.63. The third-order valence-corrected chi connectivity index (χ3v) is 3.12. The summed E-state index contributed by atoms with van der Waals surface area (Å²) in [5.74, 6) is 2.65. The lowest BCUT2D eigenvalue weighted by atomic mass is 9.67. The van der Waals surface area contributed by atoms with Gasteiger partial charge < -0.3 is 4.74 Å². The first kappa shape index (κ1) is 6.66. The van der Waals surface area contributed by atoms with Gasteiger partial charge in [-0.1, -0.05) is 13.8 Å². The van der Waals surface area contributed by atoms with Gasteiger partial charge in [0.1, 0.15) is 0 Å². The minimum absolute atomic E-state index is 0.653. The van der Waals surface area contributed by atoms with Gasteiger partial charge in [0.2, 0.25) is 0 Å². The topological polar surface area (TPSA) is 9.23 Å². The Morgan fingerprint density at radius 3 is 2.80 bits per heavy atom. The van der Waals surface area contributed by atoms with E-state index in [0.29, 0.717) is 6.10 Å². The average Bonchev–Trinajstić information content (AvgIpc) is 2.11. The smallest absolute Gasteiger partial charge is 0.0634 e. The van der Waals surface area contributed by atoms with Crippen molar-refractivity contribution in [2.45, 2.75) is 32.8 Å². The average molecular weight is 140 g/mol. The fraction of sp³-hybridized carbons (Fsp3) is 1.00. The molecule has 1 nitrogen and oxygen atoms in total. The Kier molecular flexibility index (Phi) is 1.48. The van der Waals surface area contributed by atoms with Gasteiger partial charge in [0, 0.05) is 6.61 Å². The van der Waals surface area contributed by atoms with Crippen LogP contribution in [0, 0.1) is 17.8 Å². The van der Waals surface area contributed by atoms with Gasteiger partial charge in [0.25, 0.3) is 0 Å². The molecule has 2 aliphatic rings. The number of fused-ring (bicyclic) bond motifs is 1. The quantitative estimate of drug-likeness (QED) is 0.541. The van der Waals surface area contributed by atoms with E-state index < -0.39 is 0 Å². The van der Waals surface area contributed by atoms with Gasteiger partial charge >= 0.3 is 0 Å². The number of ether oxygens (including phenoxy) is 1. The van der Waals surface area contributed by atoms with Crippen LogP contribution in [0.15, 0.2) is 0 Å². The fourth-order valence-electron chi connectivity index (χ4n) is 2.32. The molecule has 2 fully saturated rings. The molecular weight excluding hydrogens is 124 g/mol. The lowest BCUT2D eigenvalue weighted by molar-refractivity contribution is -0.0463. The Morgan fingerprint density at radius 2 is 2.20 bits per heavy atom. The molecule has 0 aromatic heterocycles. The molecule has 1 heterocycles. The molecule has 3 atom stereocenters. The van der Waals surface area contributed by atoms with Crippen molar-refractivity contribution in [3.8, 4) is 0 Å². The summed E-state index contributed by atoms with van der Waals surface area (Å²) >= 11 is 0. The first-order chi connectivity index (χ1) is 4.79. The molecule has 0 amide bonds. The maximum absolute atomic E-state index is 5.63. The molecule has 0 spiro atoms. The number of hydrogen-bond donors (Lipinski definition) is 0. The zero-order chi connectivity index (χ0) is 7.14. The summed E-state index contributed by atoms with van der Waals surface area (Å²) in [4.78, 5) is 0. The highest BCUT2D eigenvalue weighted by molar-refractivity contribution is 4.94. The van der Waals surface area contributed by atoms with Crippen molar-refractivity contribution in [2.24, 2.45) is 17.8 Å². The fourth-order valence-corrected chi connectivity index (χ4v) is 2.32. The van der Waals surface area contributed by atoms with Crippen LogP contribution in [0.5, 0.6) is 0 Å². The van der Waals surface area contributed by atoms with Crippen LogP contribution in [0.2, 0.25) is 0 Å². The van der Waals surface area contributed by atoms with Gasteiger partial charge in [-0.25, -0.2) is 0 Å². The molecule has 1 saturated carbocycles. The van der Waals surface area contributed by atoms with E-state index in [9.17, 15) is 0 Å². The Bertz CT molecular complexity index is 131. The van der Waals surface area contributed by atoms with Crippen LogP contribution in [-0.2, 0) is 4.74 Å². The second-order valence-electron chi connectivity index (χ2n) is 4.03. The molecule has 1 saturated heterocycles. The molecular formula is C9H16O. The van der Waals surface area contributed by atoms with Crippen LogP contribution in [0.4, 0.5) is 0 Å². The van der Waals surface area contributed by atoms with Crippen molar-refractivity contribution in [1.29, 1.82) is 0 Å². The van der Waals surface area contributed by atoms with Gasteiger partial charge in [-0.15, -0.1) is 0 Å². The monoisotopic (exact) mass is 140 g/mol. The SMILES string of the molecule is CC(C)[C@@H]1C[C@@H]2CCO[C@@H]21. The lowest BCUT2D eigenvalue weighted by Gasteiger charge is -2.41. The van der Waals surface area contributed by atoms with Gasteiger partial charge in [-0.3, -0.25) is 0 Å². The minimum Gasteiger partial charge on any atom is -0.378 e. The zero-order valence-electron chi connectivity index (χ0n) is 6.84. The second-order valence-corrected chi connectivity index (χ2v) is 4.03. The number of hydrogen-bond acceptors (Lipinski definition) is 1. The van der Waals surface area contributed by atoms with Crippen molar-refractivity contribution in [2.75, 3.05) is 6.61 Å². The first-order valence-electron chi connectivity index (χ1n) is 4.40. The van der Waals surface area contributed by atoms with E-state index in [2.05, 4.69) is 13.8 Å². The van der Waals surface area contributed by atoms with E-state index in [1.807, 2.05) is 0 Å². The molecule has 2 rings (SSSR count). The highest BCUT2D eigenvalue weighted by atomic mass is 16.5. The molecule has 0 aromatic carbocycles. The van der Waals surface area contributed by atoms with E-state index in [-0.39, 0.29) is 0 Å². The molecule has 58 valence electrons. The Hall–Kier alpha value is -0.0400. The Morgan fingerprint density at radius 1 is 1.40 bits per heavy atom. The van der Waals surface area contributed by atoms with Gasteiger partial charge in [-0.2, -0.15) is 0 Å². The van der Waals surface area contributed by atoms with E-state index >= 15 is 0 Å². The summed E-state index contributed by atoms with van der Waals surface area (Å²) in [6.45, 7) is 5.64. The number of rotatable bonds is 1. The van der Waals surface area contributed by atoms with Crippen molar-refractivity contribution in [1.82, 2.24) is 0 Å². The molecule has 1 heteroatoms. The van der Waals surface area contributed by atoms with Crippen LogP contribution in [0.25, 0.3) is 0 Å². The lowest BCUT2D eigenvalue weighted by Crippen LogP contribution is -2.41. The standard InChI is InChI=1S/C9H16O/c1-6(2)8-5-7-3-4-10-9(7)8/h6-9H,3-5H2,1-2H3/t7-,8-,9-/m0/s1. The summed E-state index contributed by atoms with van der Waals surface area (Å²) in [6.07, 6.45) is 3.41. The van der Waals surface area contributed by atoms with Crippen LogP contribution in [0.3, 0.4) is 0 Å². The van der Waals surface area contributed by atoms with Crippen molar-refractivity contribution in [3.63, 3.8) is 0 Å². The summed E-state index contributed by atoms with van der Waals surface area (Å²) < 4.78 is 5.63. The van der Waals surface area contributed by atoms with Gasteiger partial charge in [0.05, 0.1) is 6.10 Å². The molecule has 0 unspecified atom stereocenters. The molecule has 0 aromatic rings. The highest BCUT2D eigenvalue weighted by Crippen LogP contribution is 2.46. The van der Waals surface area contributed by atoms with Crippen LogP contribution < -0.4 is 0 Å². The second kappa shape index (κ2) is 2.23. The molecule has 10 heavy (non-hydrogen) atoms. The van der Waals surface area contributed by atoms with E-state index in [1.54, 1.807) is 0 Å². The Labute approximate surface area is 62.8 Å². The van der Waals surface area contributed by atoms with Crippen LogP contribution >= 0.6 is 0 Å². The van der Waals surface area contributed by atoms with Gasteiger partial charge in [0.15, 0.2) is 0 Å². The maximum Gasteiger partial charge on any atom is 0.0634 e. The van der Waals surface area contributed by atoms with Gasteiger partial charge in [-0.05, 0) is 30.6 Å². The molecule has 0 N–H and O–H groups in total. The highest BCUT2D eigenvalue weighted by Gasteiger charge is 2.45. The Balaban J connectivity index is 1.94. The molecule has 0 radical (unpaired) electrons. The first-order valence-corrected chi connectivity index (χ1v) is 4.40. The minimum atomic E-state index is 0.653. The molecule has 1 aliphatic carbocycles. The van der Waals surface area contributed by atoms with Crippen LogP contribution in [0.1, 0.15) is 26.7 Å². The summed E-state index contributed by atoms with van der Waals surface area (Å²) in [5, 5.41) is 0. The predicted octanol–water partition coefficient (Wildman–Crippen LogP) is 2.07. The molecule has 1 aliphatic heterocycles.